The molecule has 3 aromatic carbocycles. The molecular formula is C26H18Cl2N2O3. The summed E-state index contributed by atoms with van der Waals surface area (Å²) in [7, 11) is 0. The number of carbonyl (C=O) groups excluding carboxylic acids is 1. The van der Waals surface area contributed by atoms with Gasteiger partial charge < -0.3 is 14.2 Å². The van der Waals surface area contributed by atoms with Crippen molar-refractivity contribution in [3.63, 3.8) is 0 Å². The zero-order chi connectivity index (χ0) is 23.1. The van der Waals surface area contributed by atoms with Crippen LogP contribution in [0.1, 0.15) is 21.7 Å². The summed E-state index contributed by atoms with van der Waals surface area (Å²) < 4.78 is 11.6. The summed E-state index contributed by atoms with van der Waals surface area (Å²) >= 11 is 12.3. The van der Waals surface area contributed by atoms with Gasteiger partial charge in [0.2, 0.25) is 5.89 Å². The van der Waals surface area contributed by atoms with Crippen molar-refractivity contribution in [2.24, 2.45) is 0 Å². The highest BCUT2D eigenvalue weighted by molar-refractivity contribution is 6.43. The highest BCUT2D eigenvalue weighted by Gasteiger charge is 2.16. The van der Waals surface area contributed by atoms with Gasteiger partial charge in [-0.2, -0.15) is 0 Å². The molecule has 0 aliphatic rings. The molecule has 33 heavy (non-hydrogen) atoms. The molecule has 0 atom stereocenters. The van der Waals surface area contributed by atoms with E-state index >= 15 is 0 Å². The van der Waals surface area contributed by atoms with E-state index in [1.807, 2.05) is 18.2 Å². The van der Waals surface area contributed by atoms with Crippen LogP contribution in [0, 0.1) is 13.8 Å². The molecule has 0 saturated carbocycles. The van der Waals surface area contributed by atoms with Crippen molar-refractivity contribution in [1.82, 2.24) is 4.98 Å². The molecule has 0 unspecified atom stereocenters. The number of oxazole rings is 1. The number of furan rings is 1. The number of fused-ring (bicyclic) bond motifs is 1. The van der Waals surface area contributed by atoms with Crippen molar-refractivity contribution in [2.75, 3.05) is 5.32 Å². The van der Waals surface area contributed by atoms with Crippen molar-refractivity contribution in [2.45, 2.75) is 13.8 Å². The van der Waals surface area contributed by atoms with Crippen LogP contribution in [0.25, 0.3) is 33.9 Å². The van der Waals surface area contributed by atoms with Gasteiger partial charge in [-0.05, 0) is 79.6 Å². The van der Waals surface area contributed by atoms with Gasteiger partial charge in [0.1, 0.15) is 11.3 Å². The monoisotopic (exact) mass is 476 g/mol. The number of hydrogen-bond donors (Lipinski definition) is 1. The average molecular weight is 477 g/mol. The van der Waals surface area contributed by atoms with Crippen molar-refractivity contribution in [1.29, 1.82) is 0 Å². The Balaban J connectivity index is 1.38. The Labute approximate surface area is 200 Å². The fraction of sp³-hybridized carbons (Fsp3) is 0.0769. The SMILES string of the molecule is Cc1ccc(-c2nc3cc(NC(=O)c4ccc(-c5cccc(Cl)c5Cl)o4)ccc3o2)cc1C. The smallest absolute Gasteiger partial charge is 0.291 e. The molecular weight excluding hydrogens is 459 g/mol. The van der Waals surface area contributed by atoms with Crippen LogP contribution in [0.5, 0.6) is 0 Å². The van der Waals surface area contributed by atoms with Gasteiger partial charge in [-0.3, -0.25) is 4.79 Å². The lowest BCUT2D eigenvalue weighted by molar-refractivity contribution is 0.0997. The van der Waals surface area contributed by atoms with Crippen molar-refractivity contribution >= 4 is 45.9 Å². The maximum absolute atomic E-state index is 12.7. The molecule has 5 aromatic rings. The predicted molar refractivity (Wildman–Crippen MR) is 131 cm³/mol. The Morgan fingerprint density at radius 1 is 0.909 bits per heavy atom. The standard InChI is InChI=1S/C26H18Cl2N2O3/c1-14-6-7-16(12-15(14)2)26-30-20-13-17(8-9-22(20)33-26)29-25(31)23-11-10-21(32-23)18-4-3-5-19(27)24(18)28/h3-13H,1-2H3,(H,29,31). The quantitative estimate of drug-likeness (QED) is 0.285. The van der Waals surface area contributed by atoms with E-state index in [1.165, 1.54) is 11.1 Å². The molecule has 0 aliphatic heterocycles. The van der Waals surface area contributed by atoms with Gasteiger partial charge in [-0.1, -0.05) is 35.3 Å². The van der Waals surface area contributed by atoms with E-state index in [0.29, 0.717) is 44.0 Å². The van der Waals surface area contributed by atoms with Crippen molar-refractivity contribution < 1.29 is 13.6 Å². The highest BCUT2D eigenvalue weighted by atomic mass is 35.5. The number of rotatable bonds is 4. The van der Waals surface area contributed by atoms with E-state index in [4.69, 9.17) is 32.0 Å². The van der Waals surface area contributed by atoms with Crippen LogP contribution in [0.15, 0.2) is 75.6 Å². The van der Waals surface area contributed by atoms with Crippen LogP contribution in [0.3, 0.4) is 0 Å². The van der Waals surface area contributed by atoms with E-state index in [2.05, 4.69) is 24.1 Å². The lowest BCUT2D eigenvalue weighted by atomic mass is 10.1. The number of aromatic nitrogens is 1. The van der Waals surface area contributed by atoms with Gasteiger partial charge in [0.05, 0.1) is 10.0 Å². The summed E-state index contributed by atoms with van der Waals surface area (Å²) in [4.78, 5) is 17.3. The largest absolute Gasteiger partial charge is 0.451 e. The fourth-order valence-corrected chi connectivity index (χ4v) is 3.89. The van der Waals surface area contributed by atoms with Gasteiger partial charge in [-0.25, -0.2) is 4.98 Å². The van der Waals surface area contributed by atoms with Crippen LogP contribution in [0.2, 0.25) is 10.0 Å². The van der Waals surface area contributed by atoms with Crippen LogP contribution in [-0.2, 0) is 0 Å². The number of carbonyl (C=O) groups is 1. The first-order valence-electron chi connectivity index (χ1n) is 10.2. The second kappa shape index (κ2) is 8.43. The normalized spacial score (nSPS) is 11.2. The molecule has 1 N–H and O–H groups in total. The van der Waals surface area contributed by atoms with Gasteiger partial charge in [0, 0.05) is 16.8 Å². The van der Waals surface area contributed by atoms with Crippen LogP contribution in [0.4, 0.5) is 5.69 Å². The molecule has 0 aliphatic carbocycles. The summed E-state index contributed by atoms with van der Waals surface area (Å²) in [5.74, 6) is 0.747. The second-order valence-corrected chi connectivity index (χ2v) is 8.51. The molecule has 5 rings (SSSR count). The van der Waals surface area contributed by atoms with E-state index in [-0.39, 0.29) is 5.76 Å². The van der Waals surface area contributed by atoms with Crippen LogP contribution in [-0.4, -0.2) is 10.9 Å². The Morgan fingerprint density at radius 3 is 2.58 bits per heavy atom. The molecule has 164 valence electrons. The summed E-state index contributed by atoms with van der Waals surface area (Å²) in [5.41, 5.74) is 5.75. The third-order valence-electron chi connectivity index (χ3n) is 5.45. The van der Waals surface area contributed by atoms with Gasteiger partial charge in [-0.15, -0.1) is 0 Å². The summed E-state index contributed by atoms with van der Waals surface area (Å²) in [6.45, 7) is 4.11. The third-order valence-corrected chi connectivity index (χ3v) is 6.27. The Bertz CT molecular complexity index is 1520. The number of halogens is 2. The van der Waals surface area contributed by atoms with E-state index in [1.54, 1.807) is 48.5 Å². The Hall–Kier alpha value is -3.54. The molecule has 2 heterocycles. The molecule has 0 bridgehead atoms. The zero-order valence-electron chi connectivity index (χ0n) is 17.8. The number of anilines is 1. The fourth-order valence-electron chi connectivity index (χ4n) is 3.49. The van der Waals surface area contributed by atoms with Gasteiger partial charge >= 0.3 is 0 Å². The summed E-state index contributed by atoms with van der Waals surface area (Å²) in [5, 5.41) is 3.62. The van der Waals surface area contributed by atoms with Gasteiger partial charge in [0.15, 0.2) is 11.3 Å². The number of amides is 1. The van der Waals surface area contributed by atoms with Crippen LogP contribution >= 0.6 is 23.2 Å². The summed E-state index contributed by atoms with van der Waals surface area (Å²) in [6, 6.07) is 19.9. The minimum Gasteiger partial charge on any atom is -0.451 e. The van der Waals surface area contributed by atoms with Gasteiger partial charge in [0.25, 0.3) is 5.91 Å². The molecule has 0 radical (unpaired) electrons. The topological polar surface area (TPSA) is 68.3 Å². The first-order valence-corrected chi connectivity index (χ1v) is 11.0. The Kier molecular flexibility index (Phi) is 5.44. The van der Waals surface area contributed by atoms with Crippen molar-refractivity contribution in [3.05, 3.63) is 93.7 Å². The first kappa shape index (κ1) is 21.3. The van der Waals surface area contributed by atoms with Crippen LogP contribution < -0.4 is 5.32 Å². The third kappa shape index (κ3) is 4.13. The van der Waals surface area contributed by atoms with E-state index in [9.17, 15) is 4.79 Å². The molecule has 1 amide bonds. The lowest BCUT2D eigenvalue weighted by Gasteiger charge is -2.04. The number of benzene rings is 3. The highest BCUT2D eigenvalue weighted by Crippen LogP contribution is 2.34. The average Bonchev–Trinajstić information content (AvgIpc) is 3.45. The number of nitrogens with zero attached hydrogens (tertiary/aromatic N) is 1. The zero-order valence-corrected chi connectivity index (χ0v) is 19.3. The number of hydrogen-bond acceptors (Lipinski definition) is 4. The number of nitrogens with one attached hydrogen (secondary N) is 1. The molecule has 0 saturated heterocycles. The molecule has 0 fully saturated rings. The molecule has 0 spiro atoms. The Morgan fingerprint density at radius 2 is 1.76 bits per heavy atom. The first-order chi connectivity index (χ1) is 15.9. The minimum absolute atomic E-state index is 0.150. The summed E-state index contributed by atoms with van der Waals surface area (Å²) in [6.07, 6.45) is 0. The number of aryl methyl sites for hydroxylation is 2. The maximum atomic E-state index is 12.7. The van der Waals surface area contributed by atoms with E-state index in [0.717, 1.165) is 5.56 Å². The predicted octanol–water partition coefficient (Wildman–Crippen LogP) is 7.93. The molecule has 2 aromatic heterocycles. The maximum Gasteiger partial charge on any atom is 0.291 e. The lowest BCUT2D eigenvalue weighted by Crippen LogP contribution is -2.10. The molecule has 7 heteroatoms. The second-order valence-electron chi connectivity index (χ2n) is 7.72. The van der Waals surface area contributed by atoms with Crippen molar-refractivity contribution in [3.8, 4) is 22.8 Å². The molecule has 5 nitrogen and oxygen atoms in total. The van der Waals surface area contributed by atoms with E-state index < -0.39 is 5.91 Å². The minimum atomic E-state index is -0.392.